The lowest BCUT2D eigenvalue weighted by Gasteiger charge is -2.27. The van der Waals surface area contributed by atoms with E-state index in [0.717, 1.165) is 42.8 Å². The number of hydrogen-bond acceptors (Lipinski definition) is 12. The van der Waals surface area contributed by atoms with E-state index in [0.29, 0.717) is 51.2 Å². The predicted molar refractivity (Wildman–Crippen MR) is 215 cm³/mol. The van der Waals surface area contributed by atoms with Crippen molar-refractivity contribution in [3.8, 4) is 0 Å². The zero-order valence-corrected chi connectivity index (χ0v) is 32.9. The molecule has 0 atom stereocenters. The highest BCUT2D eigenvalue weighted by Crippen LogP contribution is 2.35. The van der Waals surface area contributed by atoms with Crippen LogP contribution in [-0.4, -0.2) is 76.6 Å². The topological polar surface area (TPSA) is 206 Å². The standard InChI is InChI=1S/C21H20N6O2.C19H20ClN5O4/c1-12-3-2-4-16(7-12)23-17-10-18(24-15-5-6-15)27-20(25-17)14(11-22-27)8-13-9-19(28)26-21(13)29;1-19(2,3)29-18(28)24(12-4-5-12)15-8-13(20)22-16-11(9-21-25(15)16)6-10-7-14(26)23-17(10)27/h2-4,7-8,10-11,15,24H,5-6,9H2,1H3,(H,23,25)(H,26,28,29);6,8-9,12H,4-5,7H2,1-3H3,(H,23,26,27)/b13-8+;10-6+. The van der Waals surface area contributed by atoms with Gasteiger partial charge in [0.05, 0.1) is 25.2 Å². The van der Waals surface area contributed by atoms with E-state index in [1.165, 1.54) is 10.7 Å². The number of hydrogen-bond donors (Lipinski definition) is 4. The molecule has 17 nitrogen and oxygen atoms in total. The van der Waals surface area contributed by atoms with Crippen LogP contribution < -0.4 is 26.2 Å². The van der Waals surface area contributed by atoms with E-state index in [1.807, 2.05) is 37.3 Å². The van der Waals surface area contributed by atoms with Gasteiger partial charge in [-0.3, -0.25) is 34.7 Å². The molecular weight excluding hydrogens is 766 g/mol. The Balaban J connectivity index is 0.000000162. The Morgan fingerprint density at radius 2 is 1.50 bits per heavy atom. The van der Waals surface area contributed by atoms with Gasteiger partial charge in [0.25, 0.3) is 11.8 Å². The van der Waals surface area contributed by atoms with E-state index in [2.05, 4.69) is 36.4 Å². The molecule has 0 spiro atoms. The van der Waals surface area contributed by atoms with E-state index >= 15 is 0 Å². The third-order valence-corrected chi connectivity index (χ3v) is 9.56. The van der Waals surface area contributed by atoms with Crippen LogP contribution in [0.4, 0.5) is 27.9 Å². The molecule has 2 aliphatic carbocycles. The lowest BCUT2D eigenvalue weighted by molar-refractivity contribution is -0.125. The number of fused-ring (bicyclic) bond motifs is 2. The highest BCUT2D eigenvalue weighted by Gasteiger charge is 2.38. The van der Waals surface area contributed by atoms with Crippen LogP contribution >= 0.6 is 11.6 Å². The van der Waals surface area contributed by atoms with E-state index in [-0.39, 0.29) is 41.8 Å². The fourth-order valence-corrected chi connectivity index (χ4v) is 6.63. The second-order valence-corrected chi connectivity index (χ2v) is 16.0. The van der Waals surface area contributed by atoms with Gasteiger partial charge in [0.1, 0.15) is 28.2 Å². The van der Waals surface area contributed by atoms with Gasteiger partial charge < -0.3 is 15.4 Å². The number of carbonyl (C=O) groups excluding carboxylic acids is 5. The van der Waals surface area contributed by atoms with Crippen LogP contribution in [0.5, 0.6) is 0 Å². The maximum absolute atomic E-state index is 12.9. The molecule has 0 radical (unpaired) electrons. The molecule has 0 unspecified atom stereocenters. The molecule has 4 aliphatic rings. The average molecular weight is 806 g/mol. The Labute approximate surface area is 336 Å². The monoisotopic (exact) mass is 805 g/mol. The van der Waals surface area contributed by atoms with Crippen molar-refractivity contribution in [2.75, 3.05) is 15.5 Å². The molecule has 5 aromatic rings. The maximum Gasteiger partial charge on any atom is 0.416 e. The summed E-state index contributed by atoms with van der Waals surface area (Å²) in [4.78, 5) is 70.2. The molecule has 0 bridgehead atoms. The zero-order chi connectivity index (χ0) is 40.9. The minimum atomic E-state index is -0.651. The molecule has 4 fully saturated rings. The zero-order valence-electron chi connectivity index (χ0n) is 32.1. The average Bonchev–Trinajstić information content (AvgIpc) is 4.01. The molecule has 298 valence electrons. The Morgan fingerprint density at radius 3 is 2.05 bits per heavy atom. The lowest BCUT2D eigenvalue weighted by Crippen LogP contribution is -2.39. The molecule has 9 rings (SSSR count). The number of rotatable bonds is 8. The van der Waals surface area contributed by atoms with Crippen molar-refractivity contribution in [2.24, 2.45) is 0 Å². The van der Waals surface area contributed by atoms with Gasteiger partial charge >= 0.3 is 6.09 Å². The Hall–Kier alpha value is -6.62. The number of imide groups is 2. The highest BCUT2D eigenvalue weighted by atomic mass is 35.5. The van der Waals surface area contributed by atoms with Crippen molar-refractivity contribution in [2.45, 2.75) is 83.9 Å². The number of anilines is 4. The third-order valence-electron chi connectivity index (χ3n) is 9.37. The Kier molecular flexibility index (Phi) is 9.92. The van der Waals surface area contributed by atoms with E-state index in [1.54, 1.807) is 54.6 Å². The Bertz CT molecular complexity index is 2600. The van der Waals surface area contributed by atoms with Gasteiger partial charge in [-0.1, -0.05) is 23.7 Å². The number of carbonyl (C=O) groups is 5. The molecule has 2 saturated carbocycles. The van der Waals surface area contributed by atoms with Crippen LogP contribution in [0.1, 0.15) is 76.0 Å². The molecule has 2 aliphatic heterocycles. The largest absolute Gasteiger partial charge is 0.443 e. The summed E-state index contributed by atoms with van der Waals surface area (Å²) < 4.78 is 8.80. The van der Waals surface area contributed by atoms with Gasteiger partial charge in [-0.15, -0.1) is 0 Å². The van der Waals surface area contributed by atoms with Crippen molar-refractivity contribution in [3.63, 3.8) is 0 Å². The first-order chi connectivity index (χ1) is 27.7. The second kappa shape index (κ2) is 15.0. The number of benzene rings is 1. The highest BCUT2D eigenvalue weighted by molar-refractivity contribution is 6.30. The molecular formula is C40H40ClN11O6. The van der Waals surface area contributed by atoms with Crippen LogP contribution in [0.25, 0.3) is 23.4 Å². The SMILES string of the molecule is CC(C)(C)OC(=O)N(c1cc(Cl)nc2c(/C=C3\CC(=O)NC3=O)cnn12)C1CC1.Cc1cccc(Nc2cc(NC3CC3)n3ncc(/C=C4\CC(=O)NC4=O)c3n2)c1. The molecule has 58 heavy (non-hydrogen) atoms. The summed E-state index contributed by atoms with van der Waals surface area (Å²) in [5.74, 6) is 0.512. The molecule has 18 heteroatoms. The van der Waals surface area contributed by atoms with Crippen molar-refractivity contribution in [1.82, 2.24) is 39.8 Å². The molecule has 1 aromatic carbocycles. The maximum atomic E-state index is 12.9. The van der Waals surface area contributed by atoms with E-state index < -0.39 is 17.6 Å². The van der Waals surface area contributed by atoms with Crippen LogP contribution in [0.2, 0.25) is 5.15 Å². The second-order valence-electron chi connectivity index (χ2n) is 15.6. The molecule has 2 saturated heterocycles. The summed E-state index contributed by atoms with van der Waals surface area (Å²) >= 11 is 6.24. The van der Waals surface area contributed by atoms with Crippen molar-refractivity contribution >= 4 is 87.9 Å². The number of nitrogens with one attached hydrogen (secondary N) is 4. The minimum absolute atomic E-state index is 0.00393. The molecule has 5 amide bonds. The molecule has 4 aromatic heterocycles. The first kappa shape index (κ1) is 38.3. The Morgan fingerprint density at radius 1 is 0.879 bits per heavy atom. The number of halogens is 1. The van der Waals surface area contributed by atoms with Crippen molar-refractivity contribution in [3.05, 3.63) is 81.8 Å². The summed E-state index contributed by atoms with van der Waals surface area (Å²) in [7, 11) is 0. The van der Waals surface area contributed by atoms with E-state index in [9.17, 15) is 24.0 Å². The molecule has 6 heterocycles. The van der Waals surface area contributed by atoms with Gasteiger partial charge in [-0.2, -0.15) is 19.2 Å². The lowest BCUT2D eigenvalue weighted by atomic mass is 10.1. The van der Waals surface area contributed by atoms with Crippen LogP contribution in [0, 0.1) is 6.92 Å². The number of aryl methyl sites for hydroxylation is 1. The summed E-state index contributed by atoms with van der Waals surface area (Å²) in [5, 5.41) is 20.3. The van der Waals surface area contributed by atoms with Crippen LogP contribution in [0.3, 0.4) is 0 Å². The summed E-state index contributed by atoms with van der Waals surface area (Å²) in [6, 6.07) is 12.0. The number of ether oxygens (including phenoxy) is 1. The summed E-state index contributed by atoms with van der Waals surface area (Å²) in [6.45, 7) is 7.45. The number of nitrogens with zero attached hydrogens (tertiary/aromatic N) is 7. The smallest absolute Gasteiger partial charge is 0.416 e. The quantitative estimate of drug-likeness (QED) is 0.0872. The van der Waals surface area contributed by atoms with Gasteiger partial charge in [0.2, 0.25) is 11.8 Å². The van der Waals surface area contributed by atoms with Gasteiger partial charge in [-0.05, 0) is 83.2 Å². The van der Waals surface area contributed by atoms with Gasteiger partial charge in [0.15, 0.2) is 11.3 Å². The van der Waals surface area contributed by atoms with E-state index in [4.69, 9.17) is 21.3 Å². The fourth-order valence-electron chi connectivity index (χ4n) is 6.46. The first-order valence-corrected chi connectivity index (χ1v) is 19.2. The number of aromatic nitrogens is 6. The summed E-state index contributed by atoms with van der Waals surface area (Å²) in [6.07, 6.45) is 9.97. The molecule has 4 N–H and O–H groups in total. The van der Waals surface area contributed by atoms with Crippen LogP contribution in [0.15, 0.2) is 59.9 Å². The number of amides is 5. The van der Waals surface area contributed by atoms with Crippen molar-refractivity contribution < 1.29 is 28.7 Å². The minimum Gasteiger partial charge on any atom is -0.443 e. The van der Waals surface area contributed by atoms with Crippen LogP contribution in [-0.2, 0) is 23.9 Å². The predicted octanol–water partition coefficient (Wildman–Crippen LogP) is 5.50. The first-order valence-electron chi connectivity index (χ1n) is 18.8. The van der Waals surface area contributed by atoms with Gasteiger partial charge in [0, 0.05) is 52.2 Å². The van der Waals surface area contributed by atoms with Crippen molar-refractivity contribution in [1.29, 1.82) is 0 Å². The summed E-state index contributed by atoms with van der Waals surface area (Å²) in [5.41, 5.74) is 4.39. The van der Waals surface area contributed by atoms with Gasteiger partial charge in [-0.25, -0.2) is 14.8 Å². The normalized spacial score (nSPS) is 18.1. The third kappa shape index (κ3) is 8.53. The fraction of sp³-hybridized carbons (Fsp3) is 0.325.